The monoisotopic (exact) mass is 528 g/mol. The van der Waals surface area contributed by atoms with Crippen LogP contribution in [0.4, 0.5) is 4.79 Å². The van der Waals surface area contributed by atoms with Crippen molar-refractivity contribution in [3.63, 3.8) is 0 Å². The molecule has 0 unspecified atom stereocenters. The molecular weight excluding hydrogens is 480 g/mol. The van der Waals surface area contributed by atoms with Crippen LogP contribution in [-0.4, -0.2) is 78.1 Å². The van der Waals surface area contributed by atoms with Gasteiger partial charge in [0.15, 0.2) is 0 Å². The Hall–Kier alpha value is -2.61. The maximum Gasteiger partial charge on any atom is 0.410 e. The van der Waals surface area contributed by atoms with Crippen molar-refractivity contribution < 1.29 is 19.1 Å². The average molecular weight is 529 g/mol. The fourth-order valence-electron chi connectivity index (χ4n) is 5.45. The number of hydrogen-bond acceptors (Lipinski definition) is 5. The zero-order chi connectivity index (χ0) is 27.7. The van der Waals surface area contributed by atoms with Gasteiger partial charge in [-0.1, -0.05) is 49.6 Å². The first-order chi connectivity index (χ1) is 18.1. The third kappa shape index (κ3) is 8.72. The molecule has 8 nitrogen and oxygen atoms in total. The summed E-state index contributed by atoms with van der Waals surface area (Å²) in [5.41, 5.74) is 0.645. The molecule has 0 aromatic heterocycles. The van der Waals surface area contributed by atoms with E-state index in [2.05, 4.69) is 34.9 Å². The molecule has 0 radical (unpaired) electrons. The normalized spacial score (nSPS) is 20.0. The third-order valence-electron chi connectivity index (χ3n) is 7.80. The second-order valence-corrected chi connectivity index (χ2v) is 11.9. The number of benzene rings is 1. The quantitative estimate of drug-likeness (QED) is 0.446. The number of carbonyl (C=O) groups excluding carboxylic acids is 3. The Morgan fingerprint density at radius 1 is 1.05 bits per heavy atom. The SMILES string of the molecule is C[C@@H](C(=O)N[C@H](C(=O)N1CCC[C@H]1CNCCc1ccccc1)C1CCCCC1)N(C)C(=O)OC(C)(C)C. The molecule has 1 aromatic rings. The van der Waals surface area contributed by atoms with Crippen molar-refractivity contribution in [1.29, 1.82) is 0 Å². The number of nitrogens with zero attached hydrogens (tertiary/aromatic N) is 2. The van der Waals surface area contributed by atoms with Gasteiger partial charge in [-0.3, -0.25) is 14.5 Å². The highest BCUT2D eigenvalue weighted by atomic mass is 16.6. The first-order valence-corrected chi connectivity index (χ1v) is 14.4. The minimum atomic E-state index is -0.752. The van der Waals surface area contributed by atoms with Crippen molar-refractivity contribution >= 4 is 17.9 Å². The molecule has 38 heavy (non-hydrogen) atoms. The summed E-state index contributed by atoms with van der Waals surface area (Å²) in [5, 5.41) is 6.62. The molecule has 212 valence electrons. The Balaban J connectivity index is 1.62. The van der Waals surface area contributed by atoms with E-state index in [0.717, 1.165) is 64.6 Å². The van der Waals surface area contributed by atoms with Gasteiger partial charge in [0.05, 0.1) is 0 Å². The molecule has 1 aliphatic carbocycles. The molecule has 1 heterocycles. The Labute approximate surface area is 228 Å². The lowest BCUT2D eigenvalue weighted by molar-refractivity contribution is -0.140. The van der Waals surface area contributed by atoms with E-state index in [0.29, 0.717) is 0 Å². The molecule has 0 spiro atoms. The third-order valence-corrected chi connectivity index (χ3v) is 7.80. The van der Waals surface area contributed by atoms with Crippen molar-refractivity contribution in [1.82, 2.24) is 20.4 Å². The van der Waals surface area contributed by atoms with Gasteiger partial charge in [-0.25, -0.2) is 4.79 Å². The highest BCUT2D eigenvalue weighted by Crippen LogP contribution is 2.29. The van der Waals surface area contributed by atoms with E-state index < -0.39 is 23.8 Å². The van der Waals surface area contributed by atoms with Gasteiger partial charge in [-0.05, 0) is 77.8 Å². The van der Waals surface area contributed by atoms with Gasteiger partial charge in [-0.15, -0.1) is 0 Å². The molecule has 1 aromatic carbocycles. The molecule has 1 aliphatic heterocycles. The number of ether oxygens (including phenoxy) is 1. The summed E-state index contributed by atoms with van der Waals surface area (Å²) < 4.78 is 5.43. The summed E-state index contributed by atoms with van der Waals surface area (Å²) in [5.74, 6) is -0.185. The smallest absolute Gasteiger partial charge is 0.410 e. The fourth-order valence-corrected chi connectivity index (χ4v) is 5.45. The van der Waals surface area contributed by atoms with E-state index in [1.165, 1.54) is 16.9 Å². The van der Waals surface area contributed by atoms with E-state index in [4.69, 9.17) is 4.74 Å². The molecule has 1 saturated carbocycles. The molecule has 8 heteroatoms. The fraction of sp³-hybridized carbons (Fsp3) is 0.700. The van der Waals surface area contributed by atoms with Crippen molar-refractivity contribution in [2.24, 2.45) is 5.92 Å². The summed E-state index contributed by atoms with van der Waals surface area (Å²) in [6, 6.07) is 9.20. The van der Waals surface area contributed by atoms with Crippen LogP contribution in [0.15, 0.2) is 30.3 Å². The van der Waals surface area contributed by atoms with Crippen molar-refractivity contribution in [2.75, 3.05) is 26.7 Å². The van der Waals surface area contributed by atoms with E-state index in [1.54, 1.807) is 34.7 Å². The molecule has 2 aliphatic rings. The topological polar surface area (TPSA) is 91.0 Å². The summed E-state index contributed by atoms with van der Waals surface area (Å²) >= 11 is 0. The molecule has 2 fully saturated rings. The molecule has 1 saturated heterocycles. The standard InChI is InChI=1S/C30H48N4O4/c1-22(33(5)29(37)38-30(2,3)4)27(35)32-26(24-15-10-7-11-16-24)28(36)34-20-12-17-25(34)21-31-19-18-23-13-8-6-9-14-23/h6,8-9,13-14,22,24-26,31H,7,10-12,15-21H2,1-5H3,(H,32,35)/t22-,25-,26-/m0/s1. The summed E-state index contributed by atoms with van der Waals surface area (Å²) in [6.45, 7) is 9.40. The molecule has 3 atom stereocenters. The highest BCUT2D eigenvalue weighted by Gasteiger charge is 2.39. The number of carbonyl (C=O) groups is 3. The van der Waals surface area contributed by atoms with E-state index in [1.807, 2.05) is 11.0 Å². The van der Waals surface area contributed by atoms with Crippen molar-refractivity contribution in [2.45, 2.75) is 103 Å². The van der Waals surface area contributed by atoms with Crippen LogP contribution in [-0.2, 0) is 20.7 Å². The van der Waals surface area contributed by atoms with E-state index in [9.17, 15) is 14.4 Å². The Morgan fingerprint density at radius 2 is 1.74 bits per heavy atom. The number of hydrogen-bond donors (Lipinski definition) is 2. The minimum Gasteiger partial charge on any atom is -0.444 e. The maximum absolute atomic E-state index is 13.9. The van der Waals surface area contributed by atoms with Gasteiger partial charge < -0.3 is 20.3 Å². The van der Waals surface area contributed by atoms with Crippen LogP contribution < -0.4 is 10.6 Å². The van der Waals surface area contributed by atoms with Gasteiger partial charge in [0.2, 0.25) is 11.8 Å². The van der Waals surface area contributed by atoms with Gasteiger partial charge in [0.25, 0.3) is 0 Å². The van der Waals surface area contributed by atoms with Crippen LogP contribution in [0, 0.1) is 5.92 Å². The van der Waals surface area contributed by atoms with Gasteiger partial charge in [0.1, 0.15) is 17.7 Å². The predicted octanol–water partition coefficient (Wildman–Crippen LogP) is 4.13. The maximum atomic E-state index is 13.9. The second kappa shape index (κ2) is 14.0. The highest BCUT2D eigenvalue weighted by molar-refractivity contribution is 5.91. The summed E-state index contributed by atoms with van der Waals surface area (Å²) in [6.07, 6.45) is 7.51. The zero-order valence-electron chi connectivity index (χ0n) is 24.0. The number of likely N-dealkylation sites (N-methyl/N-ethyl adjacent to an activating group) is 1. The van der Waals surface area contributed by atoms with Crippen LogP contribution in [0.1, 0.15) is 78.2 Å². The number of nitrogens with one attached hydrogen (secondary N) is 2. The largest absolute Gasteiger partial charge is 0.444 e. The lowest BCUT2D eigenvalue weighted by Crippen LogP contribution is -2.58. The van der Waals surface area contributed by atoms with Crippen LogP contribution in [0.2, 0.25) is 0 Å². The summed E-state index contributed by atoms with van der Waals surface area (Å²) in [7, 11) is 1.56. The zero-order valence-corrected chi connectivity index (χ0v) is 24.0. The van der Waals surface area contributed by atoms with Crippen molar-refractivity contribution in [3.8, 4) is 0 Å². The van der Waals surface area contributed by atoms with Gasteiger partial charge >= 0.3 is 6.09 Å². The van der Waals surface area contributed by atoms with Crippen LogP contribution >= 0.6 is 0 Å². The van der Waals surface area contributed by atoms with E-state index in [-0.39, 0.29) is 23.8 Å². The number of amides is 3. The van der Waals surface area contributed by atoms with Crippen LogP contribution in [0.3, 0.4) is 0 Å². The van der Waals surface area contributed by atoms with Crippen LogP contribution in [0.5, 0.6) is 0 Å². The first-order valence-electron chi connectivity index (χ1n) is 14.4. The predicted molar refractivity (Wildman–Crippen MR) is 150 cm³/mol. The molecule has 3 amide bonds. The van der Waals surface area contributed by atoms with E-state index >= 15 is 0 Å². The molecular formula is C30H48N4O4. The van der Waals surface area contributed by atoms with Gasteiger partial charge in [-0.2, -0.15) is 0 Å². The summed E-state index contributed by atoms with van der Waals surface area (Å²) in [4.78, 5) is 43.1. The minimum absolute atomic E-state index is 0.0183. The number of likely N-dealkylation sites (tertiary alicyclic amines) is 1. The Bertz CT molecular complexity index is 911. The molecule has 0 bridgehead atoms. The van der Waals surface area contributed by atoms with Crippen LogP contribution in [0.25, 0.3) is 0 Å². The Kier molecular flexibility index (Phi) is 11.0. The first kappa shape index (κ1) is 29.9. The average Bonchev–Trinajstić information content (AvgIpc) is 3.37. The molecule has 2 N–H and O–H groups in total. The van der Waals surface area contributed by atoms with Gasteiger partial charge in [0, 0.05) is 26.2 Å². The van der Waals surface area contributed by atoms with Crippen molar-refractivity contribution in [3.05, 3.63) is 35.9 Å². The lowest BCUT2D eigenvalue weighted by atomic mass is 9.83. The second-order valence-electron chi connectivity index (χ2n) is 11.9. The molecule has 3 rings (SSSR count). The lowest BCUT2D eigenvalue weighted by Gasteiger charge is -2.36. The Morgan fingerprint density at radius 3 is 2.39 bits per heavy atom. The number of rotatable bonds is 10.